The third-order valence-electron chi connectivity index (χ3n) is 7.80. The van der Waals surface area contributed by atoms with Gasteiger partial charge in [-0.05, 0) is 60.7 Å². The second-order valence-electron chi connectivity index (χ2n) is 10.00. The highest BCUT2D eigenvalue weighted by atomic mass is 79.9. The number of carbonyl (C=O) groups excluding carboxylic acids is 2. The van der Waals surface area contributed by atoms with E-state index in [2.05, 4.69) is 90.5 Å². The van der Waals surface area contributed by atoms with Crippen molar-refractivity contribution >= 4 is 39.0 Å². The zero-order valence-corrected chi connectivity index (χ0v) is 21.5. The van der Waals surface area contributed by atoms with Crippen molar-refractivity contribution in [1.29, 1.82) is 0 Å². The van der Waals surface area contributed by atoms with E-state index in [1.54, 1.807) is 0 Å². The molecule has 3 aromatic rings. The summed E-state index contributed by atoms with van der Waals surface area (Å²) in [7, 11) is 0. The Morgan fingerprint density at radius 2 is 1.20 bits per heavy atom. The lowest BCUT2D eigenvalue weighted by atomic mass is 9.85. The number of benzene rings is 3. The van der Waals surface area contributed by atoms with E-state index >= 15 is 0 Å². The summed E-state index contributed by atoms with van der Waals surface area (Å²) in [6.45, 7) is 6.17. The van der Waals surface area contributed by atoms with Crippen LogP contribution in [0.4, 0.5) is 5.69 Å². The summed E-state index contributed by atoms with van der Waals surface area (Å²) in [6, 6.07) is 22.8. The first-order valence-electron chi connectivity index (χ1n) is 12.1. The monoisotopic (exact) mass is 523 g/mol. The van der Waals surface area contributed by atoms with Crippen LogP contribution in [-0.2, 0) is 9.59 Å². The molecule has 4 atom stereocenters. The molecule has 1 aliphatic heterocycles. The molecule has 1 heterocycles. The van der Waals surface area contributed by atoms with Crippen molar-refractivity contribution in [3.05, 3.63) is 117 Å². The van der Waals surface area contributed by atoms with E-state index in [1.807, 2.05) is 25.1 Å². The fraction of sp³-hybridized carbons (Fsp3) is 0.226. The second kappa shape index (κ2) is 8.17. The maximum absolute atomic E-state index is 13.7. The van der Waals surface area contributed by atoms with Crippen LogP contribution in [0.25, 0.3) is 5.57 Å². The highest BCUT2D eigenvalue weighted by Gasteiger charge is 2.62. The Morgan fingerprint density at radius 3 is 1.66 bits per heavy atom. The molecule has 3 nitrogen and oxygen atoms in total. The largest absolute Gasteiger partial charge is 0.274 e. The Hall–Kier alpha value is -3.24. The van der Waals surface area contributed by atoms with Crippen molar-refractivity contribution in [3.8, 4) is 0 Å². The number of imide groups is 1. The fourth-order valence-electron chi connectivity index (χ4n) is 6.01. The summed E-state index contributed by atoms with van der Waals surface area (Å²) >= 11 is 3.55. The van der Waals surface area contributed by atoms with Gasteiger partial charge in [0.05, 0.1) is 17.5 Å². The minimum atomic E-state index is -0.349. The van der Waals surface area contributed by atoms with Gasteiger partial charge < -0.3 is 0 Å². The number of amides is 2. The average molecular weight is 524 g/mol. The number of rotatable bonds is 3. The van der Waals surface area contributed by atoms with Gasteiger partial charge in [-0.15, -0.1) is 0 Å². The molecule has 174 valence electrons. The summed E-state index contributed by atoms with van der Waals surface area (Å²) in [6.07, 6.45) is 4.31. The molecule has 4 heteroatoms. The first-order chi connectivity index (χ1) is 16.8. The van der Waals surface area contributed by atoms with E-state index in [-0.39, 0.29) is 35.5 Å². The molecule has 0 N–H and O–H groups in total. The average Bonchev–Trinajstić information content (AvgIpc) is 3.48. The Kier molecular flexibility index (Phi) is 5.19. The van der Waals surface area contributed by atoms with Crippen molar-refractivity contribution in [1.82, 2.24) is 0 Å². The summed E-state index contributed by atoms with van der Waals surface area (Å²) < 4.78 is 0.898. The van der Waals surface area contributed by atoms with Crippen LogP contribution in [0.3, 0.4) is 0 Å². The Balaban J connectivity index is 1.48. The molecule has 6 rings (SSSR count). The standard InChI is InChI=1S/C31H26BrNO2/c1-17-4-9-20(10-5-17)26(21-11-6-18(2)7-12-21)27-23-14-15-24(27)29-28(23)30(34)33(31(29)35)22-13-8-19(3)25(32)16-22/h4-16,23-24,28-29H,1-3H3/t23-,24-,28+,29+/m1/s1. The Morgan fingerprint density at radius 1 is 0.714 bits per heavy atom. The van der Waals surface area contributed by atoms with Gasteiger partial charge in [0.25, 0.3) is 0 Å². The maximum atomic E-state index is 13.7. The van der Waals surface area contributed by atoms with Gasteiger partial charge in [0.1, 0.15) is 0 Å². The van der Waals surface area contributed by atoms with Crippen LogP contribution in [0, 0.1) is 44.4 Å². The van der Waals surface area contributed by atoms with Gasteiger partial charge in [0.2, 0.25) is 11.8 Å². The molecule has 0 unspecified atom stereocenters. The van der Waals surface area contributed by atoms with E-state index in [1.165, 1.54) is 21.6 Å². The molecule has 35 heavy (non-hydrogen) atoms. The van der Waals surface area contributed by atoms with E-state index in [9.17, 15) is 9.59 Å². The molecule has 2 fully saturated rings. The van der Waals surface area contributed by atoms with Crippen molar-refractivity contribution in [2.75, 3.05) is 4.90 Å². The molecule has 1 saturated heterocycles. The Labute approximate surface area is 214 Å². The van der Waals surface area contributed by atoms with Crippen molar-refractivity contribution in [3.63, 3.8) is 0 Å². The number of fused-ring (bicyclic) bond motifs is 5. The predicted octanol–water partition coefficient (Wildman–Crippen LogP) is 6.80. The third kappa shape index (κ3) is 3.38. The van der Waals surface area contributed by atoms with Crippen LogP contribution >= 0.6 is 15.9 Å². The van der Waals surface area contributed by atoms with Gasteiger partial charge in [-0.25, -0.2) is 4.90 Å². The predicted molar refractivity (Wildman–Crippen MR) is 143 cm³/mol. The van der Waals surface area contributed by atoms with Gasteiger partial charge >= 0.3 is 0 Å². The molecule has 0 spiro atoms. The second-order valence-corrected chi connectivity index (χ2v) is 10.9. The van der Waals surface area contributed by atoms with E-state index in [0.29, 0.717) is 5.69 Å². The number of anilines is 1. The number of aryl methyl sites for hydroxylation is 3. The van der Waals surface area contributed by atoms with Gasteiger partial charge in [-0.2, -0.15) is 0 Å². The molecule has 0 radical (unpaired) electrons. The van der Waals surface area contributed by atoms with E-state index in [4.69, 9.17) is 0 Å². The number of halogens is 1. The van der Waals surface area contributed by atoms with Crippen LogP contribution in [0.15, 0.2) is 88.9 Å². The highest BCUT2D eigenvalue weighted by molar-refractivity contribution is 9.10. The third-order valence-corrected chi connectivity index (χ3v) is 8.65. The van der Waals surface area contributed by atoms with Crippen LogP contribution in [-0.4, -0.2) is 11.8 Å². The van der Waals surface area contributed by atoms with E-state index < -0.39 is 0 Å². The quantitative estimate of drug-likeness (QED) is 0.279. The lowest BCUT2D eigenvalue weighted by Gasteiger charge is -2.22. The van der Waals surface area contributed by atoms with Crippen molar-refractivity contribution < 1.29 is 9.59 Å². The normalized spacial score (nSPS) is 24.5. The van der Waals surface area contributed by atoms with Gasteiger partial charge in [0, 0.05) is 16.3 Å². The number of hydrogen-bond donors (Lipinski definition) is 0. The molecule has 0 aromatic heterocycles. The molecule has 2 bridgehead atoms. The van der Waals surface area contributed by atoms with Crippen LogP contribution in [0.2, 0.25) is 0 Å². The SMILES string of the molecule is Cc1ccc(C(=C2[C@H]3C=C[C@H]2[C@@H]2C(=O)N(c4ccc(C)c(Br)c4)C(=O)[C@H]23)c2ccc(C)cc2)cc1. The molecule has 2 aliphatic carbocycles. The highest BCUT2D eigenvalue weighted by Crippen LogP contribution is 2.59. The number of hydrogen-bond acceptors (Lipinski definition) is 2. The number of nitrogens with zero attached hydrogens (tertiary/aromatic N) is 1. The summed E-state index contributed by atoms with van der Waals surface area (Å²) in [5.74, 6) is -1.01. The molecular formula is C31H26BrNO2. The molecule has 3 aliphatic rings. The zero-order chi connectivity index (χ0) is 24.4. The summed E-state index contributed by atoms with van der Waals surface area (Å²) in [4.78, 5) is 28.9. The number of carbonyl (C=O) groups is 2. The first-order valence-corrected chi connectivity index (χ1v) is 12.8. The first kappa shape index (κ1) is 22.2. The molecule has 1 saturated carbocycles. The van der Waals surface area contributed by atoms with Gasteiger partial charge in [-0.1, -0.05) is 93.8 Å². The lowest BCUT2D eigenvalue weighted by molar-refractivity contribution is -0.122. The topological polar surface area (TPSA) is 37.4 Å². The van der Waals surface area contributed by atoms with Crippen molar-refractivity contribution in [2.45, 2.75) is 20.8 Å². The molecule has 3 aromatic carbocycles. The van der Waals surface area contributed by atoms with Gasteiger partial charge in [-0.3, -0.25) is 9.59 Å². The lowest BCUT2D eigenvalue weighted by Crippen LogP contribution is -2.33. The minimum Gasteiger partial charge on any atom is -0.274 e. The summed E-state index contributed by atoms with van der Waals surface area (Å²) in [5, 5.41) is 0. The minimum absolute atomic E-state index is 0.0713. The smallest absolute Gasteiger partial charge is 0.238 e. The van der Waals surface area contributed by atoms with Crippen LogP contribution < -0.4 is 4.90 Å². The number of allylic oxidation sites excluding steroid dienone is 3. The fourth-order valence-corrected chi connectivity index (χ4v) is 6.38. The summed E-state index contributed by atoms with van der Waals surface area (Å²) in [5.41, 5.74) is 8.76. The van der Waals surface area contributed by atoms with Crippen LogP contribution in [0.5, 0.6) is 0 Å². The molecule has 2 amide bonds. The zero-order valence-electron chi connectivity index (χ0n) is 20.0. The molecular weight excluding hydrogens is 498 g/mol. The van der Waals surface area contributed by atoms with E-state index in [0.717, 1.165) is 26.7 Å². The van der Waals surface area contributed by atoms with Crippen LogP contribution in [0.1, 0.15) is 27.8 Å². The van der Waals surface area contributed by atoms with Gasteiger partial charge in [0.15, 0.2) is 0 Å². The Bertz CT molecular complexity index is 1350. The maximum Gasteiger partial charge on any atom is 0.238 e. The van der Waals surface area contributed by atoms with Crippen molar-refractivity contribution in [2.24, 2.45) is 23.7 Å².